The van der Waals surface area contributed by atoms with E-state index >= 15 is 0 Å². The fraction of sp³-hybridized carbons (Fsp3) is 0.154. The molecule has 1 heterocycles. The average molecular weight is 324 g/mol. The maximum Gasteiger partial charge on any atom is 0.283 e. The van der Waals surface area contributed by atoms with E-state index in [9.17, 15) is 23.2 Å². The van der Waals surface area contributed by atoms with Gasteiger partial charge >= 0.3 is 0 Å². The first-order chi connectivity index (χ1) is 10.3. The molecule has 2 rings (SSSR count). The van der Waals surface area contributed by atoms with Crippen LogP contribution in [0.4, 0.5) is 5.69 Å². The van der Waals surface area contributed by atoms with Crippen molar-refractivity contribution in [3.63, 3.8) is 0 Å². The van der Waals surface area contributed by atoms with Crippen molar-refractivity contribution in [2.24, 2.45) is 5.18 Å². The summed E-state index contributed by atoms with van der Waals surface area (Å²) < 4.78 is 31.5. The van der Waals surface area contributed by atoms with E-state index < -0.39 is 33.0 Å². The molecule has 8 nitrogen and oxygen atoms in total. The van der Waals surface area contributed by atoms with Crippen LogP contribution in [0.15, 0.2) is 46.4 Å². The predicted octanol–water partition coefficient (Wildman–Crippen LogP) is 1.39. The van der Waals surface area contributed by atoms with Crippen LogP contribution in [0.1, 0.15) is 11.1 Å². The second-order valence-electron chi connectivity index (χ2n) is 4.57. The van der Waals surface area contributed by atoms with E-state index in [1.807, 2.05) is 0 Å². The number of hydrogen-bond acceptors (Lipinski definition) is 6. The van der Waals surface area contributed by atoms with Crippen LogP contribution in [0.25, 0.3) is 0 Å². The van der Waals surface area contributed by atoms with Crippen molar-refractivity contribution < 1.29 is 18.1 Å². The van der Waals surface area contributed by atoms with Gasteiger partial charge in [0.1, 0.15) is 5.75 Å². The van der Waals surface area contributed by atoms with E-state index in [1.54, 1.807) is 30.3 Å². The zero-order chi connectivity index (χ0) is 16.3. The van der Waals surface area contributed by atoms with Gasteiger partial charge in [0.05, 0.1) is 6.54 Å². The summed E-state index contributed by atoms with van der Waals surface area (Å²) in [6, 6.07) is 9.61. The van der Waals surface area contributed by atoms with E-state index in [-0.39, 0.29) is 12.1 Å². The lowest BCUT2D eigenvalue weighted by Crippen LogP contribution is -2.22. The van der Waals surface area contributed by atoms with Gasteiger partial charge in [-0.2, -0.15) is 8.42 Å². The Hall–Kier alpha value is -2.52. The summed E-state index contributed by atoms with van der Waals surface area (Å²) >= 11 is 0. The molecule has 0 amide bonds. The standard InChI is InChI=1S/C13H12N2O6S/c16-11-6-10(8-22(19,20)21)12(14-18)13(17)15(11)7-9-4-2-1-3-5-9/h1-6,16H,7-8H2,(H,19,20,21). The Balaban J connectivity index is 2.54. The van der Waals surface area contributed by atoms with Crippen molar-refractivity contribution in [1.82, 2.24) is 4.57 Å². The first-order valence-corrected chi connectivity index (χ1v) is 7.71. The van der Waals surface area contributed by atoms with Crippen LogP contribution < -0.4 is 5.56 Å². The maximum atomic E-state index is 12.2. The SMILES string of the molecule is O=Nc1c(CS(=O)(=O)O)cc(O)n(Cc2ccccc2)c1=O. The lowest BCUT2D eigenvalue weighted by Gasteiger charge is -2.11. The van der Waals surface area contributed by atoms with Crippen LogP contribution in [-0.2, 0) is 22.4 Å². The zero-order valence-electron chi connectivity index (χ0n) is 11.2. The molecule has 0 unspecified atom stereocenters. The quantitative estimate of drug-likeness (QED) is 0.632. The summed E-state index contributed by atoms with van der Waals surface area (Å²) in [5.41, 5.74) is -1.26. The normalized spacial score (nSPS) is 11.3. The number of nitroso groups, excluding NO2 is 1. The second-order valence-corrected chi connectivity index (χ2v) is 6.02. The minimum absolute atomic E-state index is 0.0137. The summed E-state index contributed by atoms with van der Waals surface area (Å²) in [4.78, 5) is 23.0. The van der Waals surface area contributed by atoms with Gasteiger partial charge in [-0.05, 0) is 10.7 Å². The highest BCUT2D eigenvalue weighted by Gasteiger charge is 2.19. The first-order valence-electron chi connectivity index (χ1n) is 6.10. The Bertz CT molecular complexity index is 858. The van der Waals surface area contributed by atoms with Crippen LogP contribution in [0, 0.1) is 4.91 Å². The van der Waals surface area contributed by atoms with E-state index in [0.717, 1.165) is 10.6 Å². The Labute approximate surface area is 125 Å². The third kappa shape index (κ3) is 3.57. The van der Waals surface area contributed by atoms with Gasteiger partial charge in [-0.25, -0.2) is 0 Å². The van der Waals surface area contributed by atoms with Gasteiger partial charge in [-0.3, -0.25) is 13.9 Å². The Morgan fingerprint density at radius 1 is 1.18 bits per heavy atom. The molecule has 0 bridgehead atoms. The minimum atomic E-state index is -4.47. The summed E-state index contributed by atoms with van der Waals surface area (Å²) in [5.74, 6) is -1.51. The summed E-state index contributed by atoms with van der Waals surface area (Å²) in [7, 11) is -4.47. The summed E-state index contributed by atoms with van der Waals surface area (Å²) in [5, 5.41) is 12.4. The fourth-order valence-corrected chi connectivity index (χ4v) is 2.61. The van der Waals surface area contributed by atoms with Gasteiger partial charge < -0.3 is 5.11 Å². The number of nitrogens with zero attached hydrogens (tertiary/aromatic N) is 2. The monoisotopic (exact) mass is 324 g/mol. The molecule has 116 valence electrons. The predicted molar refractivity (Wildman–Crippen MR) is 78.6 cm³/mol. The molecule has 0 aliphatic rings. The third-order valence-electron chi connectivity index (χ3n) is 2.94. The molecule has 9 heteroatoms. The van der Waals surface area contributed by atoms with Crippen LogP contribution in [0.5, 0.6) is 5.88 Å². The Morgan fingerprint density at radius 3 is 2.36 bits per heavy atom. The van der Waals surface area contributed by atoms with Crippen molar-refractivity contribution in [1.29, 1.82) is 0 Å². The van der Waals surface area contributed by atoms with Gasteiger partial charge in [0, 0.05) is 11.6 Å². The highest BCUT2D eigenvalue weighted by Crippen LogP contribution is 2.22. The zero-order valence-corrected chi connectivity index (χ0v) is 12.0. The first kappa shape index (κ1) is 15.9. The Kier molecular flexibility index (Phi) is 4.38. The van der Waals surface area contributed by atoms with E-state index in [2.05, 4.69) is 5.18 Å². The lowest BCUT2D eigenvalue weighted by molar-refractivity contribution is 0.414. The largest absolute Gasteiger partial charge is 0.494 e. The number of aromatic hydroxyl groups is 1. The molecule has 0 spiro atoms. The van der Waals surface area contributed by atoms with Crippen molar-refractivity contribution in [2.45, 2.75) is 12.3 Å². The molecule has 0 saturated heterocycles. The van der Waals surface area contributed by atoms with Gasteiger partial charge in [-0.1, -0.05) is 30.3 Å². The van der Waals surface area contributed by atoms with Crippen molar-refractivity contribution in [3.05, 3.63) is 62.8 Å². The molecule has 2 aromatic rings. The van der Waals surface area contributed by atoms with E-state index in [1.165, 1.54) is 0 Å². The fourth-order valence-electron chi connectivity index (χ4n) is 1.99. The third-order valence-corrected chi connectivity index (χ3v) is 3.62. The molecule has 2 N–H and O–H groups in total. The number of aromatic nitrogens is 1. The van der Waals surface area contributed by atoms with E-state index in [0.29, 0.717) is 5.56 Å². The summed E-state index contributed by atoms with van der Waals surface area (Å²) in [6.45, 7) is -0.0137. The molecule has 0 aliphatic carbocycles. The van der Waals surface area contributed by atoms with Gasteiger partial charge in [0.15, 0.2) is 11.6 Å². The number of hydrogen-bond donors (Lipinski definition) is 2. The molecule has 0 saturated carbocycles. The molecular weight excluding hydrogens is 312 g/mol. The molecular formula is C13H12N2O6S. The Morgan fingerprint density at radius 2 is 1.82 bits per heavy atom. The molecule has 0 radical (unpaired) electrons. The molecule has 1 aromatic heterocycles. The highest BCUT2D eigenvalue weighted by molar-refractivity contribution is 7.85. The lowest BCUT2D eigenvalue weighted by atomic mass is 10.2. The number of benzene rings is 1. The molecule has 22 heavy (non-hydrogen) atoms. The molecule has 1 aromatic carbocycles. The van der Waals surface area contributed by atoms with Gasteiger partial charge in [-0.15, -0.1) is 4.91 Å². The van der Waals surface area contributed by atoms with E-state index in [4.69, 9.17) is 4.55 Å². The van der Waals surface area contributed by atoms with Gasteiger partial charge in [0.2, 0.25) is 0 Å². The highest BCUT2D eigenvalue weighted by atomic mass is 32.2. The van der Waals surface area contributed by atoms with Crippen LogP contribution >= 0.6 is 0 Å². The van der Waals surface area contributed by atoms with Crippen molar-refractivity contribution in [3.8, 4) is 5.88 Å². The average Bonchev–Trinajstić information content (AvgIpc) is 2.43. The summed E-state index contributed by atoms with van der Waals surface area (Å²) in [6.07, 6.45) is 0. The van der Waals surface area contributed by atoms with Gasteiger partial charge in [0.25, 0.3) is 15.7 Å². The molecule has 0 aliphatic heterocycles. The molecule has 0 fully saturated rings. The van der Waals surface area contributed by atoms with Crippen LogP contribution in [-0.4, -0.2) is 22.6 Å². The smallest absolute Gasteiger partial charge is 0.283 e. The van der Waals surface area contributed by atoms with Crippen LogP contribution in [0.3, 0.4) is 0 Å². The van der Waals surface area contributed by atoms with Crippen molar-refractivity contribution >= 4 is 15.8 Å². The maximum absolute atomic E-state index is 12.2. The number of rotatable bonds is 5. The van der Waals surface area contributed by atoms with Crippen LogP contribution in [0.2, 0.25) is 0 Å². The van der Waals surface area contributed by atoms with Crippen molar-refractivity contribution in [2.75, 3.05) is 0 Å². The minimum Gasteiger partial charge on any atom is -0.494 e. The molecule has 0 atom stereocenters. The number of pyridine rings is 1. The topological polar surface area (TPSA) is 126 Å². The second kappa shape index (κ2) is 6.08.